The van der Waals surface area contributed by atoms with Crippen molar-refractivity contribution in [1.29, 1.82) is 0 Å². The SMILES string of the molecule is Cc1cc(O)c(C(C)(C)C)cc1Sc1cc(C(C)(C)C)c(OC=O)cc1C. The third-order valence-corrected chi connectivity index (χ3v) is 5.90. The number of aryl methyl sites for hydroxylation is 2. The van der Waals surface area contributed by atoms with E-state index in [4.69, 9.17) is 4.74 Å². The van der Waals surface area contributed by atoms with Gasteiger partial charge in [-0.05, 0) is 60.1 Å². The number of hydrogen-bond acceptors (Lipinski definition) is 4. The van der Waals surface area contributed by atoms with Crippen molar-refractivity contribution in [3.8, 4) is 11.5 Å². The number of benzene rings is 2. The monoisotopic (exact) mass is 386 g/mol. The van der Waals surface area contributed by atoms with Gasteiger partial charge < -0.3 is 9.84 Å². The van der Waals surface area contributed by atoms with Crippen molar-refractivity contribution < 1.29 is 14.6 Å². The number of hydrogen-bond donors (Lipinski definition) is 1. The molecular weight excluding hydrogens is 356 g/mol. The Bertz CT molecular complexity index is 855. The Kier molecular flexibility index (Phi) is 6.00. The third kappa shape index (κ3) is 4.86. The Hall–Kier alpha value is -1.94. The molecule has 2 aromatic rings. The highest BCUT2D eigenvalue weighted by Crippen LogP contribution is 2.42. The molecule has 0 aromatic heterocycles. The van der Waals surface area contributed by atoms with Crippen LogP contribution in [0.15, 0.2) is 34.1 Å². The molecule has 27 heavy (non-hydrogen) atoms. The predicted octanol–water partition coefficient (Wildman–Crippen LogP) is 6.29. The van der Waals surface area contributed by atoms with Crippen LogP contribution < -0.4 is 4.74 Å². The summed E-state index contributed by atoms with van der Waals surface area (Å²) >= 11 is 1.68. The van der Waals surface area contributed by atoms with Gasteiger partial charge in [-0.1, -0.05) is 53.3 Å². The van der Waals surface area contributed by atoms with Crippen molar-refractivity contribution >= 4 is 18.2 Å². The number of aromatic hydroxyl groups is 1. The van der Waals surface area contributed by atoms with Crippen LogP contribution in [0.4, 0.5) is 0 Å². The molecule has 2 aromatic carbocycles. The number of carbonyl (C=O) groups excluding carboxylic acids is 1. The van der Waals surface area contributed by atoms with E-state index in [9.17, 15) is 9.90 Å². The van der Waals surface area contributed by atoms with Gasteiger partial charge in [0, 0.05) is 20.9 Å². The second kappa shape index (κ2) is 7.59. The van der Waals surface area contributed by atoms with E-state index >= 15 is 0 Å². The molecule has 0 heterocycles. The third-order valence-electron chi connectivity index (χ3n) is 4.58. The largest absolute Gasteiger partial charge is 0.508 e. The Labute approximate surface area is 167 Å². The van der Waals surface area contributed by atoms with Gasteiger partial charge in [0.2, 0.25) is 0 Å². The Balaban J connectivity index is 2.56. The molecule has 146 valence electrons. The lowest BCUT2D eigenvalue weighted by Crippen LogP contribution is -2.14. The van der Waals surface area contributed by atoms with Gasteiger partial charge in [-0.25, -0.2) is 0 Å². The van der Waals surface area contributed by atoms with Crippen LogP contribution in [0.1, 0.15) is 63.8 Å². The standard InChI is InChI=1S/C23H30O3S/c1-14-9-18(25)16(22(3,4)5)11-20(14)27-21-12-17(23(6,7)8)19(26-13-24)10-15(21)2/h9-13,25H,1-8H3. The van der Waals surface area contributed by atoms with E-state index in [1.165, 1.54) is 0 Å². The van der Waals surface area contributed by atoms with Crippen LogP contribution in [-0.2, 0) is 15.6 Å². The summed E-state index contributed by atoms with van der Waals surface area (Å²) in [4.78, 5) is 13.1. The van der Waals surface area contributed by atoms with Gasteiger partial charge in [0.25, 0.3) is 6.47 Å². The fraction of sp³-hybridized carbons (Fsp3) is 0.435. The Morgan fingerprint density at radius 1 is 0.852 bits per heavy atom. The summed E-state index contributed by atoms with van der Waals surface area (Å²) in [5.74, 6) is 0.948. The topological polar surface area (TPSA) is 46.5 Å². The van der Waals surface area contributed by atoms with Crippen molar-refractivity contribution in [1.82, 2.24) is 0 Å². The summed E-state index contributed by atoms with van der Waals surface area (Å²) in [6.45, 7) is 17.1. The lowest BCUT2D eigenvalue weighted by Gasteiger charge is -2.24. The summed E-state index contributed by atoms with van der Waals surface area (Å²) < 4.78 is 5.23. The predicted molar refractivity (Wildman–Crippen MR) is 112 cm³/mol. The molecule has 0 aliphatic rings. The molecule has 3 nitrogen and oxygen atoms in total. The summed E-state index contributed by atoms with van der Waals surface area (Å²) in [5, 5.41) is 10.4. The van der Waals surface area contributed by atoms with Crippen molar-refractivity contribution in [2.75, 3.05) is 0 Å². The normalized spacial score (nSPS) is 12.1. The molecule has 0 amide bonds. The highest BCUT2D eigenvalue weighted by atomic mass is 32.2. The lowest BCUT2D eigenvalue weighted by atomic mass is 9.86. The first-order chi connectivity index (χ1) is 12.3. The van der Waals surface area contributed by atoms with E-state index < -0.39 is 0 Å². The first-order valence-corrected chi connectivity index (χ1v) is 9.93. The van der Waals surface area contributed by atoms with E-state index in [1.807, 2.05) is 26.0 Å². The van der Waals surface area contributed by atoms with Gasteiger partial charge in [0.1, 0.15) is 11.5 Å². The molecule has 4 heteroatoms. The van der Waals surface area contributed by atoms with Crippen LogP contribution >= 0.6 is 11.8 Å². The molecule has 0 bridgehead atoms. The summed E-state index contributed by atoms with van der Waals surface area (Å²) in [6.07, 6.45) is 0. The smallest absolute Gasteiger partial charge is 0.298 e. The average molecular weight is 387 g/mol. The first-order valence-electron chi connectivity index (χ1n) is 9.12. The highest BCUT2D eigenvalue weighted by molar-refractivity contribution is 7.99. The van der Waals surface area contributed by atoms with Gasteiger partial charge in [0.05, 0.1) is 0 Å². The molecule has 0 fully saturated rings. The molecule has 0 saturated carbocycles. The molecule has 0 aliphatic heterocycles. The van der Waals surface area contributed by atoms with Crippen LogP contribution in [-0.4, -0.2) is 11.6 Å². The van der Waals surface area contributed by atoms with Crippen molar-refractivity contribution in [2.24, 2.45) is 0 Å². The van der Waals surface area contributed by atoms with E-state index in [0.717, 1.165) is 32.0 Å². The number of rotatable bonds is 4. The van der Waals surface area contributed by atoms with Gasteiger partial charge in [-0.3, -0.25) is 4.79 Å². The summed E-state index contributed by atoms with van der Waals surface area (Å²) in [7, 11) is 0. The maximum atomic E-state index is 10.9. The maximum absolute atomic E-state index is 10.9. The molecule has 0 unspecified atom stereocenters. The zero-order valence-electron chi connectivity index (χ0n) is 17.6. The van der Waals surface area contributed by atoms with Crippen LogP contribution in [0.3, 0.4) is 0 Å². The van der Waals surface area contributed by atoms with E-state index in [0.29, 0.717) is 18.0 Å². The number of phenolic OH excluding ortho intramolecular Hbond substituents is 1. The second-order valence-corrected chi connectivity index (χ2v) is 10.1. The zero-order valence-corrected chi connectivity index (χ0v) is 18.4. The number of ether oxygens (including phenoxy) is 1. The van der Waals surface area contributed by atoms with Crippen LogP contribution in [0.2, 0.25) is 0 Å². The summed E-state index contributed by atoms with van der Waals surface area (Å²) in [6, 6.07) is 7.97. The zero-order chi connectivity index (χ0) is 20.6. The Morgan fingerprint density at radius 3 is 1.81 bits per heavy atom. The number of phenols is 1. The molecule has 0 saturated heterocycles. The van der Waals surface area contributed by atoms with Crippen molar-refractivity contribution in [2.45, 2.75) is 76.0 Å². The molecule has 0 spiro atoms. The van der Waals surface area contributed by atoms with E-state index in [2.05, 4.69) is 53.7 Å². The molecule has 0 aliphatic carbocycles. The van der Waals surface area contributed by atoms with Crippen LogP contribution in [0, 0.1) is 13.8 Å². The molecular formula is C23H30O3S. The Morgan fingerprint density at radius 2 is 1.33 bits per heavy atom. The van der Waals surface area contributed by atoms with Gasteiger partial charge in [-0.2, -0.15) is 0 Å². The molecule has 0 atom stereocenters. The van der Waals surface area contributed by atoms with Gasteiger partial charge in [0.15, 0.2) is 0 Å². The minimum atomic E-state index is -0.151. The molecule has 0 radical (unpaired) electrons. The number of carbonyl (C=O) groups is 1. The first kappa shape index (κ1) is 21.4. The fourth-order valence-corrected chi connectivity index (χ4v) is 4.04. The minimum Gasteiger partial charge on any atom is -0.508 e. The molecule has 2 rings (SSSR count). The second-order valence-electron chi connectivity index (χ2n) is 9.06. The van der Waals surface area contributed by atoms with Crippen LogP contribution in [0.5, 0.6) is 11.5 Å². The lowest BCUT2D eigenvalue weighted by molar-refractivity contribution is -0.120. The highest BCUT2D eigenvalue weighted by Gasteiger charge is 2.23. The minimum absolute atomic E-state index is 0.139. The van der Waals surface area contributed by atoms with E-state index in [1.54, 1.807) is 11.8 Å². The average Bonchev–Trinajstić information content (AvgIpc) is 2.49. The molecule has 1 N–H and O–H groups in total. The van der Waals surface area contributed by atoms with Crippen LogP contribution in [0.25, 0.3) is 0 Å². The van der Waals surface area contributed by atoms with Gasteiger partial charge in [-0.15, -0.1) is 0 Å². The van der Waals surface area contributed by atoms with E-state index in [-0.39, 0.29) is 10.8 Å². The maximum Gasteiger partial charge on any atom is 0.298 e. The summed E-state index contributed by atoms with van der Waals surface area (Å²) in [5.41, 5.74) is 3.73. The quantitative estimate of drug-likeness (QED) is 0.627. The fourth-order valence-electron chi connectivity index (χ4n) is 3.01. The van der Waals surface area contributed by atoms with Crippen molar-refractivity contribution in [3.05, 3.63) is 46.5 Å². The van der Waals surface area contributed by atoms with Gasteiger partial charge >= 0.3 is 0 Å². The van der Waals surface area contributed by atoms with Crippen molar-refractivity contribution in [3.63, 3.8) is 0 Å².